The average molecular weight is 394 g/mol. The summed E-state index contributed by atoms with van der Waals surface area (Å²) in [5.41, 5.74) is -2.10. The molecule has 0 fully saturated rings. The minimum absolute atomic E-state index is 0.0521. The molecule has 1 heterocycles. The van der Waals surface area contributed by atoms with Crippen LogP contribution in [0.15, 0.2) is 42.5 Å². The van der Waals surface area contributed by atoms with Gasteiger partial charge in [-0.15, -0.1) is 0 Å². The second-order valence-electron chi connectivity index (χ2n) is 6.68. The van der Waals surface area contributed by atoms with E-state index in [-0.39, 0.29) is 12.5 Å². The first-order valence-electron chi connectivity index (χ1n) is 8.27. The van der Waals surface area contributed by atoms with Gasteiger partial charge in [-0.25, -0.2) is 0 Å². The van der Waals surface area contributed by atoms with Crippen molar-refractivity contribution in [1.82, 2.24) is 0 Å². The number of carbonyl (C=O) groups is 2. The van der Waals surface area contributed by atoms with Crippen LogP contribution in [0.5, 0.6) is 11.5 Å². The first-order valence-corrected chi connectivity index (χ1v) is 8.27. The van der Waals surface area contributed by atoms with Crippen LogP contribution in [0.25, 0.3) is 0 Å². The number of amides is 2. The maximum absolute atomic E-state index is 12.8. The zero-order valence-electron chi connectivity index (χ0n) is 15.0. The van der Waals surface area contributed by atoms with E-state index in [9.17, 15) is 22.8 Å². The first kappa shape index (κ1) is 19.5. The number of hydrogen-bond acceptors (Lipinski definition) is 4. The molecule has 0 saturated carbocycles. The van der Waals surface area contributed by atoms with Gasteiger partial charge < -0.3 is 20.1 Å². The maximum Gasteiger partial charge on any atom is 0.416 e. The molecule has 2 aromatic carbocycles. The van der Waals surface area contributed by atoms with Crippen LogP contribution in [0.1, 0.15) is 19.4 Å². The lowest BCUT2D eigenvalue weighted by Gasteiger charge is -2.23. The molecule has 0 bridgehead atoms. The third kappa shape index (κ3) is 4.03. The SMILES string of the molecule is CC(C)(C(=O)Nc1cccc(C(F)(F)F)c1)C(=O)Nc1ccc2c(c1)OCO2. The number of alkyl halides is 3. The Hall–Kier alpha value is -3.23. The van der Waals surface area contributed by atoms with Crippen LogP contribution in [0.2, 0.25) is 0 Å². The van der Waals surface area contributed by atoms with Gasteiger partial charge in [0, 0.05) is 17.4 Å². The molecule has 148 valence electrons. The van der Waals surface area contributed by atoms with Crippen molar-refractivity contribution in [3.05, 3.63) is 48.0 Å². The Labute approximate surface area is 158 Å². The zero-order valence-corrected chi connectivity index (χ0v) is 15.0. The number of rotatable bonds is 4. The van der Waals surface area contributed by atoms with Crippen LogP contribution in [-0.4, -0.2) is 18.6 Å². The van der Waals surface area contributed by atoms with Crippen molar-refractivity contribution in [2.24, 2.45) is 5.41 Å². The minimum atomic E-state index is -4.53. The van der Waals surface area contributed by atoms with Crippen LogP contribution in [-0.2, 0) is 15.8 Å². The van der Waals surface area contributed by atoms with E-state index in [1.165, 1.54) is 26.0 Å². The summed E-state index contributed by atoms with van der Waals surface area (Å²) in [6, 6.07) is 8.97. The molecule has 0 saturated heterocycles. The molecule has 0 unspecified atom stereocenters. The predicted molar refractivity (Wildman–Crippen MR) is 95.0 cm³/mol. The third-order valence-electron chi connectivity index (χ3n) is 4.21. The summed E-state index contributed by atoms with van der Waals surface area (Å²) in [4.78, 5) is 25.1. The molecule has 2 N–H and O–H groups in total. The van der Waals surface area contributed by atoms with Crippen molar-refractivity contribution in [2.75, 3.05) is 17.4 Å². The Balaban J connectivity index is 1.71. The number of anilines is 2. The van der Waals surface area contributed by atoms with Gasteiger partial charge in [0.2, 0.25) is 18.6 Å². The number of halogens is 3. The Bertz CT molecular complexity index is 926. The van der Waals surface area contributed by atoms with Crippen molar-refractivity contribution < 1.29 is 32.2 Å². The molecule has 0 spiro atoms. The lowest BCUT2D eigenvalue weighted by molar-refractivity contribution is -0.138. The van der Waals surface area contributed by atoms with E-state index in [4.69, 9.17) is 9.47 Å². The van der Waals surface area contributed by atoms with E-state index in [1.54, 1.807) is 18.2 Å². The molecule has 0 radical (unpaired) electrons. The Kier molecular flexibility index (Phi) is 4.93. The van der Waals surface area contributed by atoms with Gasteiger partial charge in [0.1, 0.15) is 5.41 Å². The highest BCUT2D eigenvalue weighted by atomic mass is 19.4. The molecule has 3 rings (SSSR count). The summed E-state index contributed by atoms with van der Waals surface area (Å²) in [5.74, 6) is -0.371. The molecular formula is C19H17F3N2O4. The summed E-state index contributed by atoms with van der Waals surface area (Å²) in [6.45, 7) is 2.83. The standard InChI is InChI=1S/C19H17F3N2O4/c1-18(2,16(25)23-12-5-3-4-11(8-12)19(20,21)22)17(26)24-13-6-7-14-15(9-13)28-10-27-14/h3-9H,10H2,1-2H3,(H,23,25)(H,24,26). The molecule has 1 aliphatic rings. The average Bonchev–Trinajstić information content (AvgIpc) is 3.09. The molecule has 1 aliphatic heterocycles. The number of ether oxygens (including phenoxy) is 2. The Morgan fingerprint density at radius 3 is 2.14 bits per heavy atom. The number of carbonyl (C=O) groups excluding carboxylic acids is 2. The fourth-order valence-corrected chi connectivity index (χ4v) is 2.43. The van der Waals surface area contributed by atoms with E-state index >= 15 is 0 Å². The quantitative estimate of drug-likeness (QED) is 0.768. The van der Waals surface area contributed by atoms with Crippen molar-refractivity contribution >= 4 is 23.2 Å². The molecule has 0 aromatic heterocycles. The normalized spacial score (nSPS) is 13.2. The smallest absolute Gasteiger partial charge is 0.416 e. The maximum atomic E-state index is 12.8. The van der Waals surface area contributed by atoms with E-state index in [2.05, 4.69) is 10.6 Å². The number of benzene rings is 2. The molecule has 6 nitrogen and oxygen atoms in total. The number of nitrogens with one attached hydrogen (secondary N) is 2. The summed E-state index contributed by atoms with van der Waals surface area (Å²) >= 11 is 0. The van der Waals surface area contributed by atoms with Gasteiger partial charge in [0.05, 0.1) is 5.56 Å². The summed E-state index contributed by atoms with van der Waals surface area (Å²) in [5, 5.41) is 4.96. The molecular weight excluding hydrogens is 377 g/mol. The van der Waals surface area contributed by atoms with Crippen molar-refractivity contribution in [1.29, 1.82) is 0 Å². The van der Waals surface area contributed by atoms with Crippen LogP contribution in [0.3, 0.4) is 0 Å². The zero-order chi connectivity index (χ0) is 20.5. The van der Waals surface area contributed by atoms with Gasteiger partial charge in [0.25, 0.3) is 0 Å². The third-order valence-corrected chi connectivity index (χ3v) is 4.21. The largest absolute Gasteiger partial charge is 0.454 e. The molecule has 2 aromatic rings. The molecule has 9 heteroatoms. The first-order chi connectivity index (χ1) is 13.1. The van der Waals surface area contributed by atoms with Gasteiger partial charge in [0.15, 0.2) is 11.5 Å². The van der Waals surface area contributed by atoms with Gasteiger partial charge >= 0.3 is 6.18 Å². The lowest BCUT2D eigenvalue weighted by atomic mass is 9.90. The Morgan fingerprint density at radius 1 is 0.893 bits per heavy atom. The second kappa shape index (κ2) is 7.06. The van der Waals surface area contributed by atoms with Crippen molar-refractivity contribution in [3.8, 4) is 11.5 Å². The van der Waals surface area contributed by atoms with Gasteiger partial charge in [-0.3, -0.25) is 9.59 Å². The Morgan fingerprint density at radius 2 is 1.50 bits per heavy atom. The topological polar surface area (TPSA) is 76.7 Å². The molecule has 2 amide bonds. The van der Waals surface area contributed by atoms with E-state index < -0.39 is 29.0 Å². The fourth-order valence-electron chi connectivity index (χ4n) is 2.43. The summed E-state index contributed by atoms with van der Waals surface area (Å²) in [7, 11) is 0. The van der Waals surface area contributed by atoms with Crippen molar-refractivity contribution in [2.45, 2.75) is 20.0 Å². The highest BCUT2D eigenvalue weighted by molar-refractivity contribution is 6.14. The van der Waals surface area contributed by atoms with Crippen LogP contribution < -0.4 is 20.1 Å². The van der Waals surface area contributed by atoms with E-state index in [0.717, 1.165) is 12.1 Å². The predicted octanol–water partition coefficient (Wildman–Crippen LogP) is 4.04. The van der Waals surface area contributed by atoms with Crippen LogP contribution in [0.4, 0.5) is 24.5 Å². The fraction of sp³-hybridized carbons (Fsp3) is 0.263. The summed E-state index contributed by atoms with van der Waals surface area (Å²) in [6.07, 6.45) is -4.53. The minimum Gasteiger partial charge on any atom is -0.454 e. The lowest BCUT2D eigenvalue weighted by Crippen LogP contribution is -2.41. The van der Waals surface area contributed by atoms with Crippen LogP contribution in [0, 0.1) is 5.41 Å². The summed E-state index contributed by atoms with van der Waals surface area (Å²) < 4.78 is 48.8. The molecule has 0 atom stereocenters. The number of fused-ring (bicyclic) bond motifs is 1. The van der Waals surface area contributed by atoms with E-state index in [1.807, 2.05) is 0 Å². The van der Waals surface area contributed by atoms with Gasteiger partial charge in [-0.1, -0.05) is 6.07 Å². The molecule has 0 aliphatic carbocycles. The van der Waals surface area contributed by atoms with Crippen molar-refractivity contribution in [3.63, 3.8) is 0 Å². The number of hydrogen-bond donors (Lipinski definition) is 2. The highest BCUT2D eigenvalue weighted by Crippen LogP contribution is 2.35. The van der Waals surface area contributed by atoms with Crippen LogP contribution >= 0.6 is 0 Å². The van der Waals surface area contributed by atoms with Gasteiger partial charge in [-0.05, 0) is 44.2 Å². The highest BCUT2D eigenvalue weighted by Gasteiger charge is 2.37. The van der Waals surface area contributed by atoms with E-state index in [0.29, 0.717) is 17.2 Å². The molecule has 28 heavy (non-hydrogen) atoms. The van der Waals surface area contributed by atoms with Gasteiger partial charge in [-0.2, -0.15) is 13.2 Å². The monoisotopic (exact) mass is 394 g/mol. The second-order valence-corrected chi connectivity index (χ2v) is 6.68.